The molecule has 2 N–H and O–H groups in total. The lowest BCUT2D eigenvalue weighted by Crippen LogP contribution is -2.53. The minimum atomic E-state index is -0.891. The topological polar surface area (TPSA) is 105 Å². The average molecular weight is 288 g/mol. The van der Waals surface area contributed by atoms with Gasteiger partial charge in [0.05, 0.1) is 26.9 Å². The van der Waals surface area contributed by atoms with Crippen LogP contribution in [0.15, 0.2) is 0 Å². The predicted octanol–water partition coefficient (Wildman–Crippen LogP) is -1.16. The number of carboxylic acid groups (broad SMARTS) is 1. The van der Waals surface area contributed by atoms with Crippen LogP contribution in [0.1, 0.15) is 12.8 Å². The maximum Gasteiger partial charge on any atom is 0.325 e. The van der Waals surface area contributed by atoms with Crippen molar-refractivity contribution in [2.24, 2.45) is 0 Å². The molecule has 0 spiro atoms. The summed E-state index contributed by atoms with van der Waals surface area (Å²) in [6, 6.07) is -0.571. The smallest absolute Gasteiger partial charge is 0.325 e. The van der Waals surface area contributed by atoms with E-state index in [9.17, 15) is 14.4 Å². The summed E-state index contributed by atoms with van der Waals surface area (Å²) in [6.07, 6.45) is 0.396. The van der Waals surface area contributed by atoms with Gasteiger partial charge < -0.3 is 19.9 Å². The first kappa shape index (κ1) is 16.4. The second-order valence-electron chi connectivity index (χ2n) is 4.43. The molecule has 1 rings (SSSR count). The molecular weight excluding hydrogens is 268 g/mol. The highest BCUT2D eigenvalue weighted by Gasteiger charge is 2.31. The standard InChI is InChI=1S/C12H20N2O6/c1-19-12(18)9-8-20-6-5-14(9)7-10(15)13-4-2-3-11(16)17/h9H,2-8H2,1H3,(H,13,15)(H,16,17). The number of amides is 1. The molecule has 0 radical (unpaired) electrons. The fraction of sp³-hybridized carbons (Fsp3) is 0.750. The van der Waals surface area contributed by atoms with E-state index in [4.69, 9.17) is 9.84 Å². The molecule has 8 heteroatoms. The Morgan fingerprint density at radius 1 is 1.45 bits per heavy atom. The van der Waals surface area contributed by atoms with E-state index in [2.05, 4.69) is 10.1 Å². The molecule has 1 aliphatic rings. The van der Waals surface area contributed by atoms with Gasteiger partial charge in [-0.15, -0.1) is 0 Å². The van der Waals surface area contributed by atoms with E-state index in [0.29, 0.717) is 26.1 Å². The molecule has 8 nitrogen and oxygen atoms in total. The zero-order valence-electron chi connectivity index (χ0n) is 11.5. The summed E-state index contributed by atoms with van der Waals surface area (Å²) in [5, 5.41) is 11.1. The van der Waals surface area contributed by atoms with Crippen molar-refractivity contribution >= 4 is 17.8 Å². The van der Waals surface area contributed by atoms with Gasteiger partial charge in [-0.2, -0.15) is 0 Å². The third kappa shape index (κ3) is 5.54. The van der Waals surface area contributed by atoms with Crippen LogP contribution in [-0.2, 0) is 23.9 Å². The van der Waals surface area contributed by atoms with Crippen LogP contribution in [0.4, 0.5) is 0 Å². The van der Waals surface area contributed by atoms with E-state index in [1.165, 1.54) is 7.11 Å². The molecule has 0 aromatic heterocycles. The van der Waals surface area contributed by atoms with Crippen LogP contribution in [0, 0.1) is 0 Å². The molecule has 1 unspecified atom stereocenters. The highest BCUT2D eigenvalue weighted by Crippen LogP contribution is 2.08. The Bertz CT molecular complexity index is 360. The van der Waals surface area contributed by atoms with Gasteiger partial charge in [0, 0.05) is 19.5 Å². The maximum absolute atomic E-state index is 11.7. The van der Waals surface area contributed by atoms with E-state index >= 15 is 0 Å². The van der Waals surface area contributed by atoms with Crippen LogP contribution in [-0.4, -0.2) is 73.9 Å². The molecule has 114 valence electrons. The summed E-state index contributed by atoms with van der Waals surface area (Å²) in [7, 11) is 1.29. The van der Waals surface area contributed by atoms with Gasteiger partial charge in [0.25, 0.3) is 0 Å². The van der Waals surface area contributed by atoms with Gasteiger partial charge >= 0.3 is 11.9 Å². The SMILES string of the molecule is COC(=O)C1COCCN1CC(=O)NCCCC(=O)O. The molecule has 1 fully saturated rings. The van der Waals surface area contributed by atoms with Crippen LogP contribution in [0.5, 0.6) is 0 Å². The summed E-state index contributed by atoms with van der Waals surface area (Å²) >= 11 is 0. The first-order valence-corrected chi connectivity index (χ1v) is 6.42. The molecule has 1 saturated heterocycles. The van der Waals surface area contributed by atoms with Crippen LogP contribution < -0.4 is 5.32 Å². The normalized spacial score (nSPS) is 19.4. The van der Waals surface area contributed by atoms with Crippen molar-refractivity contribution < 1.29 is 29.0 Å². The number of carboxylic acids is 1. The molecule has 0 bridgehead atoms. The van der Waals surface area contributed by atoms with Gasteiger partial charge in [0.15, 0.2) is 0 Å². The molecule has 20 heavy (non-hydrogen) atoms. The Morgan fingerprint density at radius 3 is 2.85 bits per heavy atom. The zero-order valence-corrected chi connectivity index (χ0v) is 11.5. The van der Waals surface area contributed by atoms with Gasteiger partial charge in [0.2, 0.25) is 5.91 Å². The summed E-state index contributed by atoms with van der Waals surface area (Å²) in [4.78, 5) is 35.3. The van der Waals surface area contributed by atoms with Crippen molar-refractivity contribution in [3.8, 4) is 0 Å². The molecule has 1 heterocycles. The molecular formula is C12H20N2O6. The molecule has 0 aliphatic carbocycles. The lowest BCUT2D eigenvalue weighted by molar-refractivity contribution is -0.154. The van der Waals surface area contributed by atoms with E-state index in [0.717, 1.165) is 0 Å². The fourth-order valence-electron chi connectivity index (χ4n) is 1.89. The number of ether oxygens (including phenoxy) is 2. The average Bonchev–Trinajstić information content (AvgIpc) is 2.43. The molecule has 0 saturated carbocycles. The molecule has 1 amide bonds. The lowest BCUT2D eigenvalue weighted by atomic mass is 10.2. The zero-order chi connectivity index (χ0) is 15.0. The third-order valence-corrected chi connectivity index (χ3v) is 2.95. The van der Waals surface area contributed by atoms with Gasteiger partial charge in [-0.25, -0.2) is 0 Å². The number of carbonyl (C=O) groups excluding carboxylic acids is 2. The number of aliphatic carboxylic acids is 1. The maximum atomic E-state index is 11.7. The van der Waals surface area contributed by atoms with Crippen LogP contribution >= 0.6 is 0 Å². The summed E-state index contributed by atoms with van der Waals surface area (Å²) < 4.78 is 9.87. The predicted molar refractivity (Wildman–Crippen MR) is 68.1 cm³/mol. The molecule has 1 aliphatic heterocycles. The van der Waals surface area contributed by atoms with Gasteiger partial charge in [0.1, 0.15) is 6.04 Å². The highest BCUT2D eigenvalue weighted by molar-refractivity contribution is 5.80. The molecule has 0 aromatic carbocycles. The largest absolute Gasteiger partial charge is 0.481 e. The monoisotopic (exact) mass is 288 g/mol. The second-order valence-corrected chi connectivity index (χ2v) is 4.43. The Balaban J connectivity index is 2.34. The van der Waals surface area contributed by atoms with Crippen molar-refractivity contribution in [2.75, 3.05) is 40.0 Å². The Morgan fingerprint density at radius 2 is 2.20 bits per heavy atom. The Kier molecular flexibility index (Phi) is 6.96. The molecule has 1 atom stereocenters. The first-order chi connectivity index (χ1) is 9.54. The van der Waals surface area contributed by atoms with E-state index < -0.39 is 18.0 Å². The number of esters is 1. The number of methoxy groups -OCH3 is 1. The number of hydrogen-bond acceptors (Lipinski definition) is 6. The first-order valence-electron chi connectivity index (χ1n) is 6.42. The van der Waals surface area contributed by atoms with E-state index in [1.54, 1.807) is 4.90 Å². The van der Waals surface area contributed by atoms with E-state index in [1.807, 2.05) is 0 Å². The highest BCUT2D eigenvalue weighted by atomic mass is 16.5. The van der Waals surface area contributed by atoms with Crippen molar-refractivity contribution in [3.05, 3.63) is 0 Å². The quantitative estimate of drug-likeness (QED) is 0.450. The number of hydrogen-bond donors (Lipinski definition) is 2. The molecule has 0 aromatic rings. The summed E-state index contributed by atoms with van der Waals surface area (Å²) in [6.45, 7) is 1.51. The Hall–Kier alpha value is -1.67. The summed E-state index contributed by atoms with van der Waals surface area (Å²) in [5.41, 5.74) is 0. The summed E-state index contributed by atoms with van der Waals surface area (Å²) in [5.74, 6) is -1.56. The Labute approximate surface area is 117 Å². The van der Waals surface area contributed by atoms with Crippen molar-refractivity contribution in [2.45, 2.75) is 18.9 Å². The number of rotatable bonds is 7. The van der Waals surface area contributed by atoms with Crippen LogP contribution in [0.25, 0.3) is 0 Å². The second kappa shape index (κ2) is 8.49. The van der Waals surface area contributed by atoms with Crippen molar-refractivity contribution in [1.29, 1.82) is 0 Å². The minimum Gasteiger partial charge on any atom is -0.481 e. The number of carbonyl (C=O) groups is 3. The van der Waals surface area contributed by atoms with Crippen molar-refractivity contribution in [1.82, 2.24) is 10.2 Å². The minimum absolute atomic E-state index is 0.0165. The van der Waals surface area contributed by atoms with Crippen LogP contribution in [0.3, 0.4) is 0 Å². The number of nitrogens with one attached hydrogen (secondary N) is 1. The van der Waals surface area contributed by atoms with E-state index in [-0.39, 0.29) is 25.5 Å². The fourth-order valence-corrected chi connectivity index (χ4v) is 1.89. The van der Waals surface area contributed by atoms with Crippen molar-refractivity contribution in [3.63, 3.8) is 0 Å². The number of nitrogens with zero attached hydrogens (tertiary/aromatic N) is 1. The van der Waals surface area contributed by atoms with Gasteiger partial charge in [-0.05, 0) is 6.42 Å². The van der Waals surface area contributed by atoms with Gasteiger partial charge in [-0.3, -0.25) is 19.3 Å². The number of morpholine rings is 1. The lowest BCUT2D eigenvalue weighted by Gasteiger charge is -2.32. The third-order valence-electron chi connectivity index (χ3n) is 2.95. The van der Waals surface area contributed by atoms with Crippen LogP contribution in [0.2, 0.25) is 0 Å². The van der Waals surface area contributed by atoms with Gasteiger partial charge in [-0.1, -0.05) is 0 Å².